The lowest BCUT2D eigenvalue weighted by atomic mass is 9.98. The molecule has 1 heterocycles. The van der Waals surface area contributed by atoms with Crippen LogP contribution in [0.3, 0.4) is 0 Å². The largest absolute Gasteiger partial charge is 0.390 e. The SMILES string of the molecule is CCC(C)(CC)NS(=O)(=O)c1cc(CO)n(C)c1. The van der Waals surface area contributed by atoms with Crippen LogP contribution in [0.5, 0.6) is 0 Å². The van der Waals surface area contributed by atoms with Crippen LogP contribution in [0.2, 0.25) is 0 Å². The minimum atomic E-state index is -3.54. The fraction of sp³-hybridized carbons (Fsp3) is 0.667. The molecule has 1 rings (SSSR count). The molecule has 0 saturated heterocycles. The van der Waals surface area contributed by atoms with Crippen LogP contribution in [0.15, 0.2) is 17.2 Å². The standard InChI is InChI=1S/C12H22N2O3S/c1-5-12(3,6-2)13-18(16,17)11-7-10(9-15)14(4)8-11/h7-8,13,15H,5-6,9H2,1-4H3. The first-order valence-electron chi connectivity index (χ1n) is 6.08. The highest BCUT2D eigenvalue weighted by Crippen LogP contribution is 2.20. The molecule has 104 valence electrons. The number of hydrogen-bond donors (Lipinski definition) is 2. The van der Waals surface area contributed by atoms with Crippen LogP contribution in [0.1, 0.15) is 39.3 Å². The molecular formula is C12H22N2O3S. The first-order chi connectivity index (χ1) is 8.28. The van der Waals surface area contributed by atoms with Crippen molar-refractivity contribution in [3.8, 4) is 0 Å². The third kappa shape index (κ3) is 3.13. The molecule has 0 aliphatic heterocycles. The summed E-state index contributed by atoms with van der Waals surface area (Å²) in [6.07, 6.45) is 2.96. The molecule has 18 heavy (non-hydrogen) atoms. The topological polar surface area (TPSA) is 71.3 Å². The van der Waals surface area contributed by atoms with Gasteiger partial charge in [0.05, 0.1) is 11.5 Å². The van der Waals surface area contributed by atoms with E-state index < -0.39 is 15.6 Å². The van der Waals surface area contributed by atoms with Crippen LogP contribution >= 0.6 is 0 Å². The van der Waals surface area contributed by atoms with Crippen molar-refractivity contribution in [2.45, 2.75) is 50.7 Å². The Morgan fingerprint density at radius 3 is 2.33 bits per heavy atom. The van der Waals surface area contributed by atoms with Crippen LogP contribution in [0, 0.1) is 0 Å². The average Bonchev–Trinajstić information content (AvgIpc) is 2.70. The Bertz CT molecular complexity index is 501. The van der Waals surface area contributed by atoms with Crippen molar-refractivity contribution in [2.24, 2.45) is 7.05 Å². The summed E-state index contributed by atoms with van der Waals surface area (Å²) < 4.78 is 28.8. The molecule has 0 aliphatic rings. The van der Waals surface area contributed by atoms with E-state index in [0.29, 0.717) is 5.69 Å². The highest BCUT2D eigenvalue weighted by atomic mass is 32.2. The van der Waals surface area contributed by atoms with Crippen LogP contribution in [-0.2, 0) is 23.7 Å². The van der Waals surface area contributed by atoms with Gasteiger partial charge < -0.3 is 9.67 Å². The summed E-state index contributed by atoms with van der Waals surface area (Å²) in [5, 5.41) is 9.09. The maximum absolute atomic E-state index is 12.2. The van der Waals surface area contributed by atoms with Crippen molar-refractivity contribution in [3.63, 3.8) is 0 Å². The maximum Gasteiger partial charge on any atom is 0.242 e. The van der Waals surface area contributed by atoms with Gasteiger partial charge in [-0.2, -0.15) is 0 Å². The Kier molecular flexibility index (Phi) is 4.58. The smallest absolute Gasteiger partial charge is 0.242 e. The third-order valence-electron chi connectivity index (χ3n) is 3.50. The molecule has 0 radical (unpaired) electrons. The molecule has 0 atom stereocenters. The second kappa shape index (κ2) is 5.42. The quantitative estimate of drug-likeness (QED) is 0.823. The van der Waals surface area contributed by atoms with Gasteiger partial charge >= 0.3 is 0 Å². The molecular weight excluding hydrogens is 252 g/mol. The normalized spacial score (nSPS) is 12.9. The summed E-state index contributed by atoms with van der Waals surface area (Å²) in [7, 11) is -1.82. The van der Waals surface area contributed by atoms with E-state index in [4.69, 9.17) is 5.11 Å². The van der Waals surface area contributed by atoms with E-state index in [1.807, 2.05) is 20.8 Å². The molecule has 0 saturated carbocycles. The van der Waals surface area contributed by atoms with Crippen molar-refractivity contribution in [1.29, 1.82) is 0 Å². The highest BCUT2D eigenvalue weighted by Gasteiger charge is 2.28. The first-order valence-corrected chi connectivity index (χ1v) is 7.56. The van der Waals surface area contributed by atoms with Gasteiger partial charge in [0.15, 0.2) is 0 Å². The summed E-state index contributed by atoms with van der Waals surface area (Å²) in [5.74, 6) is 0. The summed E-state index contributed by atoms with van der Waals surface area (Å²) in [6.45, 7) is 5.62. The Morgan fingerprint density at radius 1 is 1.39 bits per heavy atom. The Balaban J connectivity index is 3.06. The molecule has 0 aromatic carbocycles. The van der Waals surface area contributed by atoms with Gasteiger partial charge in [0, 0.05) is 24.5 Å². The Morgan fingerprint density at radius 2 is 1.94 bits per heavy atom. The van der Waals surface area contributed by atoms with E-state index in [1.54, 1.807) is 11.6 Å². The molecule has 1 aromatic rings. The zero-order valence-electron chi connectivity index (χ0n) is 11.4. The molecule has 0 bridgehead atoms. The average molecular weight is 274 g/mol. The van der Waals surface area contributed by atoms with Crippen LogP contribution in [-0.4, -0.2) is 23.6 Å². The van der Waals surface area contributed by atoms with Gasteiger partial charge in [-0.05, 0) is 25.8 Å². The van der Waals surface area contributed by atoms with Gasteiger partial charge in [0.25, 0.3) is 0 Å². The van der Waals surface area contributed by atoms with Crippen molar-refractivity contribution >= 4 is 10.0 Å². The van der Waals surface area contributed by atoms with Gasteiger partial charge in [0.1, 0.15) is 0 Å². The van der Waals surface area contributed by atoms with Crippen LogP contribution in [0.4, 0.5) is 0 Å². The second-order valence-electron chi connectivity index (χ2n) is 4.81. The lowest BCUT2D eigenvalue weighted by molar-refractivity contribution is 0.272. The lowest BCUT2D eigenvalue weighted by Gasteiger charge is -2.27. The molecule has 0 aliphatic carbocycles. The monoisotopic (exact) mass is 274 g/mol. The maximum atomic E-state index is 12.2. The predicted molar refractivity (Wildman–Crippen MR) is 70.6 cm³/mol. The Hall–Kier alpha value is -0.850. The molecule has 0 unspecified atom stereocenters. The molecule has 0 fully saturated rings. The highest BCUT2D eigenvalue weighted by molar-refractivity contribution is 7.89. The fourth-order valence-corrected chi connectivity index (χ4v) is 3.30. The number of sulfonamides is 1. The number of nitrogens with zero attached hydrogens (tertiary/aromatic N) is 1. The number of aryl methyl sites for hydroxylation is 1. The third-order valence-corrected chi connectivity index (χ3v) is 5.10. The van der Waals surface area contributed by atoms with Crippen molar-refractivity contribution < 1.29 is 13.5 Å². The summed E-state index contributed by atoms with van der Waals surface area (Å²) in [4.78, 5) is 0.196. The Labute approximate surface area is 109 Å². The van der Waals surface area contributed by atoms with Crippen molar-refractivity contribution in [2.75, 3.05) is 0 Å². The molecule has 0 amide bonds. The van der Waals surface area contributed by atoms with E-state index in [9.17, 15) is 8.42 Å². The molecule has 0 spiro atoms. The number of aliphatic hydroxyl groups is 1. The number of hydrogen-bond acceptors (Lipinski definition) is 3. The number of aliphatic hydroxyl groups excluding tert-OH is 1. The summed E-state index contributed by atoms with van der Waals surface area (Å²) >= 11 is 0. The predicted octanol–water partition coefficient (Wildman–Crippen LogP) is 1.37. The number of nitrogens with one attached hydrogen (secondary N) is 1. The van der Waals surface area contributed by atoms with Gasteiger partial charge in [-0.15, -0.1) is 0 Å². The summed E-state index contributed by atoms with van der Waals surface area (Å²) in [6, 6.07) is 1.49. The van der Waals surface area contributed by atoms with E-state index in [-0.39, 0.29) is 11.5 Å². The summed E-state index contributed by atoms with van der Waals surface area (Å²) in [5.41, 5.74) is 0.138. The van der Waals surface area contributed by atoms with E-state index in [2.05, 4.69) is 4.72 Å². The minimum Gasteiger partial charge on any atom is -0.390 e. The lowest BCUT2D eigenvalue weighted by Crippen LogP contribution is -2.44. The molecule has 2 N–H and O–H groups in total. The fourth-order valence-electron chi connectivity index (χ4n) is 1.66. The van der Waals surface area contributed by atoms with Crippen molar-refractivity contribution in [1.82, 2.24) is 9.29 Å². The van der Waals surface area contributed by atoms with Crippen molar-refractivity contribution in [3.05, 3.63) is 18.0 Å². The first kappa shape index (κ1) is 15.2. The number of aromatic nitrogens is 1. The van der Waals surface area contributed by atoms with E-state index in [1.165, 1.54) is 12.3 Å². The zero-order chi connectivity index (χ0) is 14.0. The van der Waals surface area contributed by atoms with Crippen LogP contribution in [0.25, 0.3) is 0 Å². The zero-order valence-corrected chi connectivity index (χ0v) is 12.2. The molecule has 6 heteroatoms. The minimum absolute atomic E-state index is 0.176. The van der Waals surface area contributed by atoms with Gasteiger partial charge in [-0.25, -0.2) is 13.1 Å². The van der Waals surface area contributed by atoms with E-state index in [0.717, 1.165) is 12.8 Å². The van der Waals surface area contributed by atoms with Gasteiger partial charge in [0.2, 0.25) is 10.0 Å². The van der Waals surface area contributed by atoms with E-state index >= 15 is 0 Å². The van der Waals surface area contributed by atoms with Gasteiger partial charge in [-0.3, -0.25) is 0 Å². The number of rotatable bonds is 6. The van der Waals surface area contributed by atoms with Gasteiger partial charge in [-0.1, -0.05) is 13.8 Å². The molecule has 1 aromatic heterocycles. The second-order valence-corrected chi connectivity index (χ2v) is 6.49. The van der Waals surface area contributed by atoms with Crippen LogP contribution < -0.4 is 4.72 Å². The molecule has 5 nitrogen and oxygen atoms in total.